The molecule has 5 rings (SSSR count). The van der Waals surface area contributed by atoms with Crippen LogP contribution in [0.1, 0.15) is 46.7 Å². The first-order valence-corrected chi connectivity index (χ1v) is 14.2. The second-order valence-corrected chi connectivity index (χ2v) is 10.8. The van der Waals surface area contributed by atoms with Crippen LogP contribution in [0.15, 0.2) is 97.5 Å². The first-order valence-electron chi connectivity index (χ1n) is 14.2. The lowest BCUT2D eigenvalue weighted by Gasteiger charge is -2.36. The standard InChI is InChI=1S/C34H37N5O/c1-37(20-18-32-22-36-26-39(32)23-28-16-14-27(21-35)15-17-28)34(40)31-13-8-19-38(24-31)25-33(29-9-4-2-5-10-29)30-11-6-3-7-12-30/h2-7,9-12,14-17,22,26,31,33H,8,13,18-20,23-25H2,1H3. The van der Waals surface area contributed by atoms with E-state index in [0.717, 1.165) is 50.2 Å². The Morgan fingerprint density at radius 2 is 1.70 bits per heavy atom. The van der Waals surface area contributed by atoms with Gasteiger partial charge in [0, 0.05) is 57.5 Å². The van der Waals surface area contributed by atoms with Crippen LogP contribution in [0, 0.1) is 17.2 Å². The van der Waals surface area contributed by atoms with Crippen LogP contribution < -0.4 is 0 Å². The third kappa shape index (κ3) is 6.86. The molecule has 1 aliphatic rings. The average Bonchev–Trinajstić information content (AvgIpc) is 3.46. The predicted octanol–water partition coefficient (Wildman–Crippen LogP) is 5.35. The third-order valence-electron chi connectivity index (χ3n) is 8.01. The molecule has 6 heteroatoms. The Morgan fingerprint density at radius 3 is 2.35 bits per heavy atom. The van der Waals surface area contributed by atoms with Crippen LogP contribution in [0.2, 0.25) is 0 Å². The summed E-state index contributed by atoms with van der Waals surface area (Å²) in [5, 5.41) is 9.04. The summed E-state index contributed by atoms with van der Waals surface area (Å²) in [5.41, 5.74) is 5.51. The molecule has 1 unspecified atom stereocenters. The van der Waals surface area contributed by atoms with Crippen molar-refractivity contribution >= 4 is 5.91 Å². The van der Waals surface area contributed by atoms with Crippen molar-refractivity contribution in [2.24, 2.45) is 5.92 Å². The van der Waals surface area contributed by atoms with Crippen LogP contribution in [-0.2, 0) is 17.8 Å². The fourth-order valence-corrected chi connectivity index (χ4v) is 5.74. The van der Waals surface area contributed by atoms with Gasteiger partial charge in [0.25, 0.3) is 0 Å². The molecule has 6 nitrogen and oxygen atoms in total. The van der Waals surface area contributed by atoms with Gasteiger partial charge in [-0.1, -0.05) is 72.8 Å². The van der Waals surface area contributed by atoms with E-state index in [2.05, 4.69) is 81.2 Å². The fourth-order valence-electron chi connectivity index (χ4n) is 5.74. The van der Waals surface area contributed by atoms with Crippen molar-refractivity contribution in [3.63, 3.8) is 0 Å². The number of benzene rings is 3. The third-order valence-corrected chi connectivity index (χ3v) is 8.01. The van der Waals surface area contributed by atoms with Crippen LogP contribution in [0.3, 0.4) is 0 Å². The van der Waals surface area contributed by atoms with E-state index < -0.39 is 0 Å². The van der Waals surface area contributed by atoms with Crippen molar-refractivity contribution < 1.29 is 4.79 Å². The van der Waals surface area contributed by atoms with Crippen molar-refractivity contribution in [3.8, 4) is 6.07 Å². The molecule has 40 heavy (non-hydrogen) atoms. The number of nitrogens with zero attached hydrogens (tertiary/aromatic N) is 5. The van der Waals surface area contributed by atoms with Gasteiger partial charge in [0.1, 0.15) is 0 Å². The second-order valence-electron chi connectivity index (χ2n) is 10.8. The Labute approximate surface area is 237 Å². The molecule has 204 valence electrons. The highest BCUT2D eigenvalue weighted by Crippen LogP contribution is 2.28. The molecule has 1 fully saturated rings. The Morgan fingerprint density at radius 1 is 1.02 bits per heavy atom. The lowest BCUT2D eigenvalue weighted by Crippen LogP contribution is -2.45. The van der Waals surface area contributed by atoms with Crippen molar-refractivity contribution in [1.82, 2.24) is 19.4 Å². The minimum atomic E-state index is 0.0227. The highest BCUT2D eigenvalue weighted by molar-refractivity contribution is 5.79. The second kappa shape index (κ2) is 13.2. The summed E-state index contributed by atoms with van der Waals surface area (Å²) >= 11 is 0. The number of imidazole rings is 1. The van der Waals surface area contributed by atoms with E-state index in [-0.39, 0.29) is 17.7 Å². The normalized spacial score (nSPS) is 15.6. The monoisotopic (exact) mass is 531 g/mol. The number of carbonyl (C=O) groups is 1. The largest absolute Gasteiger partial charge is 0.345 e. The predicted molar refractivity (Wildman–Crippen MR) is 158 cm³/mol. The van der Waals surface area contributed by atoms with E-state index in [1.807, 2.05) is 48.7 Å². The quantitative estimate of drug-likeness (QED) is 0.277. The summed E-state index contributed by atoms with van der Waals surface area (Å²) < 4.78 is 2.12. The molecule has 1 aliphatic heterocycles. The highest BCUT2D eigenvalue weighted by atomic mass is 16.2. The van der Waals surface area contributed by atoms with Gasteiger partial charge in [-0.15, -0.1) is 0 Å². The van der Waals surface area contributed by atoms with Crippen LogP contribution >= 0.6 is 0 Å². The molecular weight excluding hydrogens is 494 g/mol. The van der Waals surface area contributed by atoms with Gasteiger partial charge in [-0.25, -0.2) is 4.98 Å². The topological polar surface area (TPSA) is 65.2 Å². The van der Waals surface area contributed by atoms with Crippen molar-refractivity contribution in [2.75, 3.05) is 33.2 Å². The zero-order valence-electron chi connectivity index (χ0n) is 23.2. The van der Waals surface area contributed by atoms with Gasteiger partial charge in [0.2, 0.25) is 5.91 Å². The summed E-state index contributed by atoms with van der Waals surface area (Å²) in [5.74, 6) is 0.540. The smallest absolute Gasteiger partial charge is 0.226 e. The summed E-state index contributed by atoms with van der Waals surface area (Å²) in [6, 6.07) is 31.2. The van der Waals surface area contributed by atoms with Crippen LogP contribution in [0.4, 0.5) is 0 Å². The molecule has 0 radical (unpaired) electrons. The number of likely N-dealkylation sites (tertiary alicyclic amines) is 1. The minimum absolute atomic E-state index is 0.0227. The Balaban J connectivity index is 1.18. The number of amides is 1. The van der Waals surface area contributed by atoms with Crippen molar-refractivity contribution in [1.29, 1.82) is 5.26 Å². The zero-order valence-corrected chi connectivity index (χ0v) is 23.2. The number of likely N-dealkylation sites (N-methyl/N-ethyl adjacent to an activating group) is 1. The molecule has 1 aromatic heterocycles. The lowest BCUT2D eigenvalue weighted by molar-refractivity contribution is -0.136. The van der Waals surface area contributed by atoms with Gasteiger partial charge in [0.05, 0.1) is 23.9 Å². The maximum atomic E-state index is 13.5. The van der Waals surface area contributed by atoms with Crippen LogP contribution in [0.25, 0.3) is 0 Å². The van der Waals surface area contributed by atoms with Gasteiger partial charge < -0.3 is 14.4 Å². The summed E-state index contributed by atoms with van der Waals surface area (Å²) in [6.45, 7) is 4.09. The van der Waals surface area contributed by atoms with Crippen LogP contribution in [0.5, 0.6) is 0 Å². The average molecular weight is 532 g/mol. The van der Waals surface area contributed by atoms with E-state index in [4.69, 9.17) is 5.26 Å². The lowest BCUT2D eigenvalue weighted by atomic mass is 9.89. The maximum absolute atomic E-state index is 13.5. The SMILES string of the molecule is CN(CCc1cncn1Cc1ccc(C#N)cc1)C(=O)C1CCCN(CC(c2ccccc2)c2ccccc2)C1. The van der Waals surface area contributed by atoms with Crippen molar-refractivity contribution in [3.05, 3.63) is 125 Å². The summed E-state index contributed by atoms with van der Waals surface area (Å²) in [4.78, 5) is 22.3. The molecule has 4 aromatic rings. The van der Waals surface area contributed by atoms with E-state index >= 15 is 0 Å². The first-order chi connectivity index (χ1) is 19.6. The molecule has 1 atom stereocenters. The summed E-state index contributed by atoms with van der Waals surface area (Å²) in [6.07, 6.45) is 6.45. The van der Waals surface area contributed by atoms with Gasteiger partial charge in [-0.2, -0.15) is 5.26 Å². The molecule has 0 saturated carbocycles. The summed E-state index contributed by atoms with van der Waals surface area (Å²) in [7, 11) is 1.93. The number of rotatable bonds is 10. The molecule has 0 N–H and O–H groups in total. The molecular formula is C34H37N5O. The molecule has 2 heterocycles. The maximum Gasteiger partial charge on any atom is 0.226 e. The molecule has 1 amide bonds. The van der Waals surface area contributed by atoms with Gasteiger partial charge >= 0.3 is 0 Å². The number of hydrogen-bond acceptors (Lipinski definition) is 4. The first kappa shape index (κ1) is 27.4. The Hall–Kier alpha value is -4.21. The highest BCUT2D eigenvalue weighted by Gasteiger charge is 2.29. The number of hydrogen-bond donors (Lipinski definition) is 0. The zero-order chi connectivity index (χ0) is 27.7. The number of piperidine rings is 1. The molecule has 0 bridgehead atoms. The molecule has 3 aromatic carbocycles. The van der Waals surface area contributed by atoms with E-state index in [1.165, 1.54) is 11.1 Å². The van der Waals surface area contributed by atoms with E-state index in [0.29, 0.717) is 18.7 Å². The Bertz CT molecular complexity index is 1370. The molecule has 1 saturated heterocycles. The van der Waals surface area contributed by atoms with Crippen molar-refractivity contribution in [2.45, 2.75) is 31.7 Å². The molecule has 0 spiro atoms. The fraction of sp³-hybridized carbons (Fsp3) is 0.324. The number of nitriles is 1. The van der Waals surface area contributed by atoms with Gasteiger partial charge in [-0.05, 0) is 48.2 Å². The van der Waals surface area contributed by atoms with Crippen LogP contribution in [-0.4, -0.2) is 58.5 Å². The van der Waals surface area contributed by atoms with E-state index in [9.17, 15) is 4.79 Å². The van der Waals surface area contributed by atoms with Gasteiger partial charge in [-0.3, -0.25) is 4.79 Å². The molecule has 0 aliphatic carbocycles. The minimum Gasteiger partial charge on any atom is -0.345 e. The number of carbonyl (C=O) groups excluding carboxylic acids is 1. The van der Waals surface area contributed by atoms with E-state index in [1.54, 1.807) is 0 Å². The van der Waals surface area contributed by atoms with Gasteiger partial charge in [0.15, 0.2) is 0 Å². The Kier molecular flexibility index (Phi) is 9.05. The number of aromatic nitrogens is 2.